The molecule has 23 heavy (non-hydrogen) atoms. The quantitative estimate of drug-likeness (QED) is 0.838. The first-order valence-corrected chi connectivity index (χ1v) is 8.55. The standard InChI is InChI=1S/C19H28N2O2/c1-4-8-17(22)20-11-13-21(14-12-20)18(23)15-19(2,3)16-9-6-5-7-10-16/h5-7,9-10H,4,8,11-15H2,1-3H3. The predicted molar refractivity (Wildman–Crippen MR) is 92.2 cm³/mol. The van der Waals surface area contributed by atoms with E-state index in [0.717, 1.165) is 6.42 Å². The fourth-order valence-electron chi connectivity index (χ4n) is 3.06. The van der Waals surface area contributed by atoms with E-state index in [1.54, 1.807) is 0 Å². The average Bonchev–Trinajstić information content (AvgIpc) is 2.55. The monoisotopic (exact) mass is 316 g/mol. The van der Waals surface area contributed by atoms with E-state index in [1.165, 1.54) is 5.56 Å². The number of rotatable bonds is 5. The van der Waals surface area contributed by atoms with Crippen LogP contribution in [0.2, 0.25) is 0 Å². The summed E-state index contributed by atoms with van der Waals surface area (Å²) in [7, 11) is 0. The first-order chi connectivity index (χ1) is 10.9. The van der Waals surface area contributed by atoms with Gasteiger partial charge in [-0.15, -0.1) is 0 Å². The van der Waals surface area contributed by atoms with Gasteiger partial charge in [0.1, 0.15) is 0 Å². The molecule has 4 heteroatoms. The average molecular weight is 316 g/mol. The molecule has 0 atom stereocenters. The van der Waals surface area contributed by atoms with Gasteiger partial charge in [0.05, 0.1) is 0 Å². The number of carbonyl (C=O) groups is 2. The van der Waals surface area contributed by atoms with E-state index in [-0.39, 0.29) is 17.2 Å². The van der Waals surface area contributed by atoms with Crippen molar-refractivity contribution in [2.45, 2.75) is 45.4 Å². The van der Waals surface area contributed by atoms with Gasteiger partial charge in [0.2, 0.25) is 11.8 Å². The molecule has 0 bridgehead atoms. The Morgan fingerprint density at radius 2 is 1.48 bits per heavy atom. The molecule has 0 N–H and O–H groups in total. The summed E-state index contributed by atoms with van der Waals surface area (Å²) in [5.74, 6) is 0.394. The van der Waals surface area contributed by atoms with Gasteiger partial charge in [-0.3, -0.25) is 9.59 Å². The Balaban J connectivity index is 1.89. The van der Waals surface area contributed by atoms with Crippen molar-refractivity contribution in [3.05, 3.63) is 35.9 Å². The lowest BCUT2D eigenvalue weighted by Gasteiger charge is -2.36. The molecule has 1 saturated heterocycles. The molecule has 0 aliphatic carbocycles. The molecular weight excluding hydrogens is 288 g/mol. The van der Waals surface area contributed by atoms with Crippen molar-refractivity contribution in [1.29, 1.82) is 0 Å². The summed E-state index contributed by atoms with van der Waals surface area (Å²) in [5.41, 5.74) is 1.01. The number of amides is 2. The second-order valence-electron chi connectivity index (χ2n) is 6.94. The van der Waals surface area contributed by atoms with Crippen molar-refractivity contribution in [3.8, 4) is 0 Å². The van der Waals surface area contributed by atoms with Crippen LogP contribution in [0.3, 0.4) is 0 Å². The smallest absolute Gasteiger partial charge is 0.223 e. The van der Waals surface area contributed by atoms with E-state index in [0.29, 0.717) is 39.0 Å². The van der Waals surface area contributed by atoms with Crippen LogP contribution in [0.4, 0.5) is 0 Å². The second kappa shape index (κ2) is 7.62. The number of carbonyl (C=O) groups excluding carboxylic acids is 2. The fourth-order valence-corrected chi connectivity index (χ4v) is 3.06. The summed E-state index contributed by atoms with van der Waals surface area (Å²) in [6.45, 7) is 8.87. The van der Waals surface area contributed by atoms with Gasteiger partial charge in [-0.25, -0.2) is 0 Å². The van der Waals surface area contributed by atoms with E-state index in [9.17, 15) is 9.59 Å². The molecule has 0 unspecified atom stereocenters. The van der Waals surface area contributed by atoms with Crippen LogP contribution in [0.25, 0.3) is 0 Å². The first kappa shape index (κ1) is 17.5. The summed E-state index contributed by atoms with van der Waals surface area (Å²) < 4.78 is 0. The van der Waals surface area contributed by atoms with E-state index >= 15 is 0 Å². The lowest BCUT2D eigenvalue weighted by atomic mass is 9.81. The Morgan fingerprint density at radius 3 is 2.00 bits per heavy atom. The molecule has 126 valence electrons. The maximum absolute atomic E-state index is 12.6. The summed E-state index contributed by atoms with van der Waals surface area (Å²) in [6.07, 6.45) is 1.98. The molecule has 0 radical (unpaired) electrons. The van der Waals surface area contributed by atoms with Crippen molar-refractivity contribution >= 4 is 11.8 Å². The van der Waals surface area contributed by atoms with E-state index < -0.39 is 0 Å². The Labute approximate surface area is 139 Å². The third-order valence-corrected chi connectivity index (χ3v) is 4.60. The Kier molecular flexibility index (Phi) is 5.80. The number of hydrogen-bond acceptors (Lipinski definition) is 2. The SMILES string of the molecule is CCCC(=O)N1CCN(C(=O)CC(C)(C)c2ccccc2)CC1. The van der Waals surface area contributed by atoms with Gasteiger partial charge >= 0.3 is 0 Å². The summed E-state index contributed by atoms with van der Waals surface area (Å²) in [5, 5.41) is 0. The largest absolute Gasteiger partial charge is 0.339 e. The zero-order valence-electron chi connectivity index (χ0n) is 14.5. The Hall–Kier alpha value is -1.84. The van der Waals surface area contributed by atoms with Crippen molar-refractivity contribution in [3.63, 3.8) is 0 Å². The Bertz CT molecular complexity index is 532. The minimum atomic E-state index is -0.173. The summed E-state index contributed by atoms with van der Waals surface area (Å²) in [6, 6.07) is 10.2. The van der Waals surface area contributed by atoms with Crippen LogP contribution in [0, 0.1) is 0 Å². The van der Waals surface area contributed by atoms with Gasteiger partial charge in [0, 0.05) is 39.0 Å². The molecule has 2 rings (SSSR count). The lowest BCUT2D eigenvalue weighted by molar-refractivity contribution is -0.140. The van der Waals surface area contributed by atoms with Crippen LogP contribution in [0.1, 0.15) is 45.6 Å². The molecule has 1 aliphatic heterocycles. The minimum Gasteiger partial charge on any atom is -0.339 e. The highest BCUT2D eigenvalue weighted by molar-refractivity contribution is 5.79. The van der Waals surface area contributed by atoms with Crippen molar-refractivity contribution in [1.82, 2.24) is 9.80 Å². The minimum absolute atomic E-state index is 0.173. The number of hydrogen-bond donors (Lipinski definition) is 0. The fraction of sp³-hybridized carbons (Fsp3) is 0.579. The molecule has 0 aromatic heterocycles. The van der Waals surface area contributed by atoms with Gasteiger partial charge in [0.15, 0.2) is 0 Å². The number of nitrogens with zero attached hydrogens (tertiary/aromatic N) is 2. The molecule has 1 heterocycles. The third kappa shape index (κ3) is 4.57. The maximum atomic E-state index is 12.6. The van der Waals surface area contributed by atoms with Gasteiger partial charge < -0.3 is 9.80 Å². The van der Waals surface area contributed by atoms with E-state index in [2.05, 4.69) is 26.0 Å². The highest BCUT2D eigenvalue weighted by atomic mass is 16.2. The van der Waals surface area contributed by atoms with Crippen LogP contribution in [0.5, 0.6) is 0 Å². The van der Waals surface area contributed by atoms with Gasteiger partial charge in [0.25, 0.3) is 0 Å². The van der Waals surface area contributed by atoms with Crippen LogP contribution in [0.15, 0.2) is 30.3 Å². The molecule has 4 nitrogen and oxygen atoms in total. The molecule has 1 aromatic rings. The van der Waals surface area contributed by atoms with Crippen LogP contribution in [-0.2, 0) is 15.0 Å². The third-order valence-electron chi connectivity index (χ3n) is 4.60. The van der Waals surface area contributed by atoms with Crippen molar-refractivity contribution in [2.24, 2.45) is 0 Å². The molecule has 1 aromatic carbocycles. The van der Waals surface area contributed by atoms with Crippen molar-refractivity contribution < 1.29 is 9.59 Å². The zero-order chi connectivity index (χ0) is 16.9. The van der Waals surface area contributed by atoms with Crippen LogP contribution >= 0.6 is 0 Å². The summed E-state index contributed by atoms with van der Waals surface area (Å²) >= 11 is 0. The number of benzene rings is 1. The van der Waals surface area contributed by atoms with Gasteiger partial charge in [-0.2, -0.15) is 0 Å². The normalized spacial score (nSPS) is 15.6. The van der Waals surface area contributed by atoms with E-state index in [4.69, 9.17) is 0 Å². The molecule has 2 amide bonds. The van der Waals surface area contributed by atoms with E-state index in [1.807, 2.05) is 34.9 Å². The molecule has 0 spiro atoms. The number of piperazine rings is 1. The maximum Gasteiger partial charge on any atom is 0.223 e. The van der Waals surface area contributed by atoms with Crippen LogP contribution in [-0.4, -0.2) is 47.8 Å². The van der Waals surface area contributed by atoms with Crippen LogP contribution < -0.4 is 0 Å². The summed E-state index contributed by atoms with van der Waals surface area (Å²) in [4.78, 5) is 28.3. The topological polar surface area (TPSA) is 40.6 Å². The van der Waals surface area contributed by atoms with Crippen molar-refractivity contribution in [2.75, 3.05) is 26.2 Å². The lowest BCUT2D eigenvalue weighted by Crippen LogP contribution is -2.51. The van der Waals surface area contributed by atoms with Gasteiger partial charge in [-0.05, 0) is 17.4 Å². The molecular formula is C19H28N2O2. The van der Waals surface area contributed by atoms with Gasteiger partial charge in [-0.1, -0.05) is 51.1 Å². The highest BCUT2D eigenvalue weighted by Gasteiger charge is 2.29. The molecule has 1 fully saturated rings. The Morgan fingerprint density at radius 1 is 0.957 bits per heavy atom. The highest BCUT2D eigenvalue weighted by Crippen LogP contribution is 2.27. The predicted octanol–water partition coefficient (Wildman–Crippen LogP) is 2.83. The molecule has 0 saturated carbocycles. The molecule has 1 aliphatic rings. The first-order valence-electron chi connectivity index (χ1n) is 8.55. The zero-order valence-corrected chi connectivity index (χ0v) is 14.5. The second-order valence-corrected chi connectivity index (χ2v) is 6.94.